The van der Waals surface area contributed by atoms with Gasteiger partial charge in [0.25, 0.3) is 11.8 Å². The molecule has 0 aliphatic carbocycles. The molecule has 4 aromatic carbocycles. The third-order valence-corrected chi connectivity index (χ3v) is 7.60. The first-order valence-corrected chi connectivity index (χ1v) is 12.6. The summed E-state index contributed by atoms with van der Waals surface area (Å²) >= 11 is 0. The molecular formula is C29H23FN2O3S. The van der Waals surface area contributed by atoms with E-state index in [4.69, 9.17) is 0 Å². The summed E-state index contributed by atoms with van der Waals surface area (Å²) < 4.78 is 27.0. The van der Waals surface area contributed by atoms with Crippen molar-refractivity contribution in [1.82, 2.24) is 5.32 Å². The smallest absolute Gasteiger partial charge is 0.259 e. The first kappa shape index (κ1) is 23.6. The van der Waals surface area contributed by atoms with E-state index in [1.54, 1.807) is 54.6 Å². The van der Waals surface area contributed by atoms with E-state index >= 15 is 0 Å². The van der Waals surface area contributed by atoms with Gasteiger partial charge in [-0.3, -0.25) is 9.59 Å². The zero-order valence-electron chi connectivity index (χ0n) is 19.5. The molecule has 0 spiro atoms. The van der Waals surface area contributed by atoms with Crippen molar-refractivity contribution in [2.75, 3.05) is 4.90 Å². The third-order valence-electron chi connectivity index (χ3n) is 6.10. The van der Waals surface area contributed by atoms with Gasteiger partial charge in [0, 0.05) is 12.1 Å². The lowest BCUT2D eigenvalue weighted by Gasteiger charge is -2.23. The number of rotatable bonds is 5. The second kappa shape index (κ2) is 9.87. The van der Waals surface area contributed by atoms with Crippen molar-refractivity contribution in [3.05, 3.63) is 125 Å². The minimum Gasteiger partial charge on any atom is -0.348 e. The van der Waals surface area contributed by atoms with Gasteiger partial charge in [-0.15, -0.1) is 0 Å². The van der Waals surface area contributed by atoms with Gasteiger partial charge in [-0.05, 0) is 60.5 Å². The molecule has 0 saturated heterocycles. The number of hydrogen-bond acceptors (Lipinski definition) is 3. The van der Waals surface area contributed by atoms with E-state index in [9.17, 15) is 18.2 Å². The highest BCUT2D eigenvalue weighted by Gasteiger charge is 2.31. The molecule has 0 fully saturated rings. The lowest BCUT2D eigenvalue weighted by molar-refractivity contribution is 0.0947. The molecule has 0 aromatic heterocycles. The summed E-state index contributed by atoms with van der Waals surface area (Å²) in [4.78, 5) is 29.0. The van der Waals surface area contributed by atoms with Gasteiger partial charge in [-0.25, -0.2) is 8.60 Å². The van der Waals surface area contributed by atoms with E-state index in [-0.39, 0.29) is 24.2 Å². The van der Waals surface area contributed by atoms with E-state index in [0.717, 1.165) is 11.1 Å². The highest BCUT2D eigenvalue weighted by molar-refractivity contribution is 7.85. The summed E-state index contributed by atoms with van der Waals surface area (Å²) in [7, 11) is -1.62. The number of hydrogen-bond donors (Lipinski definition) is 1. The monoisotopic (exact) mass is 498 g/mol. The number of fused-ring (bicyclic) bond motifs is 2. The standard InChI is InChI=1S/C29H23FN2O3S/c1-19-6-8-20(9-7-19)17-31-28(33)22-12-15-27-25(16-22)32(18-21-10-13-23(30)14-11-21)29(34)24-4-2-3-5-26(24)36(27)35/h2-16H,17-18H2,1H3,(H,31,33)/t36-/m0/s1. The summed E-state index contributed by atoms with van der Waals surface area (Å²) in [5.74, 6) is -1.01. The van der Waals surface area contributed by atoms with Crippen LogP contribution in [0.3, 0.4) is 0 Å². The molecule has 0 saturated carbocycles. The molecule has 4 aromatic rings. The highest BCUT2D eigenvalue weighted by atomic mass is 32.2. The maximum atomic E-state index is 13.7. The fraction of sp³-hybridized carbons (Fsp3) is 0.103. The summed E-state index contributed by atoms with van der Waals surface area (Å²) in [6, 6.07) is 25.4. The minimum absolute atomic E-state index is 0.131. The van der Waals surface area contributed by atoms with E-state index < -0.39 is 10.8 Å². The molecule has 1 atom stereocenters. The Balaban J connectivity index is 1.52. The second-order valence-electron chi connectivity index (χ2n) is 8.63. The highest BCUT2D eigenvalue weighted by Crippen LogP contribution is 2.36. The van der Waals surface area contributed by atoms with E-state index in [0.29, 0.717) is 38.7 Å². The van der Waals surface area contributed by atoms with Gasteiger partial charge in [-0.1, -0.05) is 54.1 Å². The normalized spacial score (nSPS) is 14.6. The Morgan fingerprint density at radius 3 is 2.33 bits per heavy atom. The minimum atomic E-state index is -1.62. The lowest BCUT2D eigenvalue weighted by Crippen LogP contribution is -2.31. The van der Waals surface area contributed by atoms with Crippen LogP contribution in [0.4, 0.5) is 10.1 Å². The quantitative estimate of drug-likeness (QED) is 0.401. The first-order chi connectivity index (χ1) is 17.4. The Labute approximate surface area is 211 Å². The fourth-order valence-electron chi connectivity index (χ4n) is 4.12. The molecule has 0 unspecified atom stereocenters. The molecule has 1 aliphatic heterocycles. The first-order valence-electron chi connectivity index (χ1n) is 11.5. The summed E-state index contributed by atoms with van der Waals surface area (Å²) in [5.41, 5.74) is 3.88. The average molecular weight is 499 g/mol. The van der Waals surface area contributed by atoms with Gasteiger partial charge in [0.2, 0.25) is 0 Å². The van der Waals surface area contributed by atoms with E-state index in [2.05, 4.69) is 5.32 Å². The maximum Gasteiger partial charge on any atom is 0.259 e. The maximum absolute atomic E-state index is 13.7. The van der Waals surface area contributed by atoms with Crippen LogP contribution in [-0.4, -0.2) is 16.0 Å². The zero-order valence-corrected chi connectivity index (χ0v) is 20.3. The van der Waals surface area contributed by atoms with Crippen LogP contribution in [0, 0.1) is 12.7 Å². The Kier molecular flexibility index (Phi) is 6.48. The van der Waals surface area contributed by atoms with Gasteiger partial charge in [-0.2, -0.15) is 0 Å². The second-order valence-corrected chi connectivity index (χ2v) is 10.1. The molecule has 5 rings (SSSR count). The van der Waals surface area contributed by atoms with E-state index in [1.165, 1.54) is 17.0 Å². The third kappa shape index (κ3) is 4.70. The lowest BCUT2D eigenvalue weighted by atomic mass is 10.1. The fourth-order valence-corrected chi connectivity index (χ4v) is 5.47. The predicted octanol–water partition coefficient (Wildman–Crippen LogP) is 5.39. The van der Waals surface area contributed by atoms with E-state index in [1.807, 2.05) is 31.2 Å². The van der Waals surface area contributed by atoms with Crippen LogP contribution in [0.2, 0.25) is 0 Å². The number of aryl methyl sites for hydroxylation is 1. The Bertz CT molecular complexity index is 1480. The summed E-state index contributed by atoms with van der Waals surface area (Å²) in [5, 5.41) is 2.91. The van der Waals surface area contributed by atoms with Crippen molar-refractivity contribution in [3.63, 3.8) is 0 Å². The van der Waals surface area contributed by atoms with Gasteiger partial charge in [0.05, 0.1) is 38.4 Å². The van der Waals surface area contributed by atoms with Crippen molar-refractivity contribution in [1.29, 1.82) is 0 Å². The van der Waals surface area contributed by atoms with Crippen molar-refractivity contribution in [2.24, 2.45) is 0 Å². The number of halogens is 1. The molecule has 7 heteroatoms. The topological polar surface area (TPSA) is 66.5 Å². The molecule has 180 valence electrons. The van der Waals surface area contributed by atoms with Crippen LogP contribution < -0.4 is 10.2 Å². The molecule has 1 N–H and O–H groups in total. The van der Waals surface area contributed by atoms with Crippen LogP contribution >= 0.6 is 0 Å². The van der Waals surface area contributed by atoms with Crippen LogP contribution in [0.5, 0.6) is 0 Å². The molecule has 36 heavy (non-hydrogen) atoms. The molecule has 5 nitrogen and oxygen atoms in total. The molecule has 2 amide bonds. The number of amides is 2. The Morgan fingerprint density at radius 2 is 1.58 bits per heavy atom. The molecular weight excluding hydrogens is 475 g/mol. The Morgan fingerprint density at radius 1 is 0.889 bits per heavy atom. The predicted molar refractivity (Wildman–Crippen MR) is 137 cm³/mol. The van der Waals surface area contributed by atoms with Crippen molar-refractivity contribution in [3.8, 4) is 0 Å². The van der Waals surface area contributed by atoms with Gasteiger partial charge in [0.1, 0.15) is 5.82 Å². The number of carbonyl (C=O) groups excluding carboxylic acids is 2. The SMILES string of the molecule is Cc1ccc(CNC(=O)c2ccc3c(c2)N(Cc2ccc(F)cc2)C(=O)c2ccccc2[S@@]3=O)cc1. The van der Waals surface area contributed by atoms with Crippen molar-refractivity contribution >= 4 is 28.3 Å². The van der Waals surface area contributed by atoms with Crippen LogP contribution in [-0.2, 0) is 23.9 Å². The van der Waals surface area contributed by atoms with Crippen LogP contribution in [0.15, 0.2) is 101 Å². The number of benzene rings is 4. The van der Waals surface area contributed by atoms with Crippen molar-refractivity contribution < 1.29 is 18.2 Å². The average Bonchev–Trinajstić information content (AvgIpc) is 2.98. The van der Waals surface area contributed by atoms with Crippen LogP contribution in [0.1, 0.15) is 37.4 Å². The van der Waals surface area contributed by atoms with Crippen molar-refractivity contribution in [2.45, 2.75) is 29.8 Å². The number of nitrogens with one attached hydrogen (secondary N) is 1. The van der Waals surface area contributed by atoms with Gasteiger partial charge in [0.15, 0.2) is 0 Å². The Hall–Kier alpha value is -4.10. The molecule has 0 radical (unpaired) electrons. The van der Waals surface area contributed by atoms with Gasteiger partial charge < -0.3 is 10.2 Å². The molecule has 1 heterocycles. The van der Waals surface area contributed by atoms with Gasteiger partial charge >= 0.3 is 0 Å². The molecule has 1 aliphatic rings. The number of anilines is 1. The summed E-state index contributed by atoms with van der Waals surface area (Å²) in [6.07, 6.45) is 0. The van der Waals surface area contributed by atoms with Crippen LogP contribution in [0.25, 0.3) is 0 Å². The number of carbonyl (C=O) groups is 2. The summed E-state index contributed by atoms with van der Waals surface area (Å²) in [6.45, 7) is 2.48. The number of nitrogens with zero attached hydrogens (tertiary/aromatic N) is 1. The largest absolute Gasteiger partial charge is 0.348 e. The molecule has 0 bridgehead atoms. The zero-order chi connectivity index (χ0) is 25.2.